The number of carbonyl (C=O) groups is 2. The van der Waals surface area contributed by atoms with Gasteiger partial charge < -0.3 is 9.47 Å². The van der Waals surface area contributed by atoms with Crippen molar-refractivity contribution in [1.82, 2.24) is 0 Å². The second kappa shape index (κ2) is 11.9. The fraction of sp³-hybridized carbons (Fsp3) is 0.304. The standard InChI is InChI=1S/C23H26O6S/c1-28-22(24)17-10-14-20(29-23(25)19-11-4-2-5-12-19)13-8-9-18-30(26,27)21-15-6-3-7-16-21/h2-9,11-12,15-16,20H,10,13-14,17-18H2,1H3/b9-8+. The van der Waals surface area contributed by atoms with Gasteiger partial charge in [0.2, 0.25) is 0 Å². The van der Waals surface area contributed by atoms with Crippen molar-refractivity contribution in [3.63, 3.8) is 0 Å². The van der Waals surface area contributed by atoms with Crippen LogP contribution < -0.4 is 0 Å². The quantitative estimate of drug-likeness (QED) is 0.396. The molecule has 0 saturated heterocycles. The van der Waals surface area contributed by atoms with E-state index in [-0.39, 0.29) is 23.0 Å². The second-order valence-corrected chi connectivity index (χ2v) is 8.70. The number of carbonyl (C=O) groups excluding carboxylic acids is 2. The van der Waals surface area contributed by atoms with Crippen LogP contribution >= 0.6 is 0 Å². The molecule has 1 atom stereocenters. The van der Waals surface area contributed by atoms with Crippen molar-refractivity contribution in [1.29, 1.82) is 0 Å². The van der Waals surface area contributed by atoms with E-state index in [1.807, 2.05) is 0 Å². The molecule has 6 nitrogen and oxygen atoms in total. The highest BCUT2D eigenvalue weighted by Gasteiger charge is 2.16. The molecule has 0 amide bonds. The number of hydrogen-bond donors (Lipinski definition) is 0. The molecule has 0 aromatic heterocycles. The van der Waals surface area contributed by atoms with Crippen LogP contribution in [0, 0.1) is 0 Å². The predicted molar refractivity (Wildman–Crippen MR) is 114 cm³/mol. The van der Waals surface area contributed by atoms with Gasteiger partial charge in [-0.2, -0.15) is 0 Å². The summed E-state index contributed by atoms with van der Waals surface area (Å²) in [4.78, 5) is 23.9. The number of methoxy groups -OCH3 is 1. The van der Waals surface area contributed by atoms with Gasteiger partial charge in [0.15, 0.2) is 9.84 Å². The van der Waals surface area contributed by atoms with Gasteiger partial charge in [-0.05, 0) is 37.1 Å². The Bertz CT molecular complexity index is 936. The molecular weight excluding hydrogens is 404 g/mol. The molecule has 160 valence electrons. The normalized spacial score (nSPS) is 12.4. The van der Waals surface area contributed by atoms with Crippen molar-refractivity contribution in [3.05, 3.63) is 78.4 Å². The summed E-state index contributed by atoms with van der Waals surface area (Å²) in [6.07, 6.45) is 4.32. The first-order valence-corrected chi connectivity index (χ1v) is 11.3. The third-order valence-corrected chi connectivity index (χ3v) is 6.02. The molecule has 0 aliphatic rings. The number of sulfone groups is 1. The average molecular weight is 431 g/mol. The molecule has 0 bridgehead atoms. The Morgan fingerprint density at radius 3 is 2.23 bits per heavy atom. The lowest BCUT2D eigenvalue weighted by Gasteiger charge is -2.16. The smallest absolute Gasteiger partial charge is 0.338 e. The van der Waals surface area contributed by atoms with E-state index in [1.165, 1.54) is 7.11 Å². The average Bonchev–Trinajstić information content (AvgIpc) is 2.77. The first kappa shape index (κ1) is 23.3. The number of benzene rings is 2. The zero-order valence-electron chi connectivity index (χ0n) is 16.9. The lowest BCUT2D eigenvalue weighted by molar-refractivity contribution is -0.140. The second-order valence-electron chi connectivity index (χ2n) is 6.66. The summed E-state index contributed by atoms with van der Waals surface area (Å²) in [5, 5.41) is 0. The molecule has 7 heteroatoms. The van der Waals surface area contributed by atoms with E-state index >= 15 is 0 Å². The van der Waals surface area contributed by atoms with E-state index in [9.17, 15) is 18.0 Å². The molecule has 2 rings (SSSR count). The summed E-state index contributed by atoms with van der Waals surface area (Å²) in [6.45, 7) is 0. The minimum absolute atomic E-state index is 0.140. The van der Waals surface area contributed by atoms with Crippen LogP contribution in [0.15, 0.2) is 77.7 Å². The van der Waals surface area contributed by atoms with Gasteiger partial charge in [0.1, 0.15) is 6.10 Å². The largest absolute Gasteiger partial charge is 0.469 e. The van der Waals surface area contributed by atoms with Gasteiger partial charge in [0, 0.05) is 12.8 Å². The summed E-state index contributed by atoms with van der Waals surface area (Å²) in [7, 11) is -2.09. The van der Waals surface area contributed by atoms with Crippen LogP contribution in [-0.2, 0) is 24.1 Å². The molecule has 2 aromatic carbocycles. The van der Waals surface area contributed by atoms with Crippen molar-refractivity contribution in [2.24, 2.45) is 0 Å². The third kappa shape index (κ3) is 7.83. The van der Waals surface area contributed by atoms with Gasteiger partial charge in [0.05, 0.1) is 23.3 Å². The highest BCUT2D eigenvalue weighted by atomic mass is 32.2. The van der Waals surface area contributed by atoms with Gasteiger partial charge in [-0.1, -0.05) is 48.6 Å². The molecule has 1 unspecified atom stereocenters. The Morgan fingerprint density at radius 1 is 0.967 bits per heavy atom. The summed E-state index contributed by atoms with van der Waals surface area (Å²) in [5.74, 6) is -0.921. The van der Waals surface area contributed by atoms with Gasteiger partial charge in [-0.25, -0.2) is 13.2 Å². The van der Waals surface area contributed by atoms with Crippen molar-refractivity contribution < 1.29 is 27.5 Å². The van der Waals surface area contributed by atoms with Crippen molar-refractivity contribution >= 4 is 21.8 Å². The maximum atomic E-state index is 12.4. The topological polar surface area (TPSA) is 86.7 Å². The summed E-state index contributed by atoms with van der Waals surface area (Å²) in [5.41, 5.74) is 0.436. The first-order valence-electron chi connectivity index (χ1n) is 9.68. The van der Waals surface area contributed by atoms with E-state index in [4.69, 9.17) is 4.74 Å². The van der Waals surface area contributed by atoms with Crippen LogP contribution in [0.25, 0.3) is 0 Å². The fourth-order valence-corrected chi connectivity index (χ4v) is 3.92. The Balaban J connectivity index is 1.96. The van der Waals surface area contributed by atoms with Crippen molar-refractivity contribution in [2.45, 2.75) is 36.7 Å². The zero-order valence-corrected chi connectivity index (χ0v) is 17.7. The number of rotatable bonds is 11. The van der Waals surface area contributed by atoms with Gasteiger partial charge in [0.25, 0.3) is 0 Å². The van der Waals surface area contributed by atoms with Crippen LogP contribution in [0.2, 0.25) is 0 Å². The van der Waals surface area contributed by atoms with E-state index in [0.29, 0.717) is 24.8 Å². The fourth-order valence-electron chi connectivity index (χ4n) is 2.76. The summed E-state index contributed by atoms with van der Waals surface area (Å²) in [6, 6.07) is 16.9. The molecule has 0 heterocycles. The van der Waals surface area contributed by atoms with Crippen LogP contribution in [0.1, 0.15) is 36.0 Å². The predicted octanol–water partition coefficient (Wildman–Crippen LogP) is 3.98. The Kier molecular flexibility index (Phi) is 9.28. The molecule has 2 aromatic rings. The number of hydrogen-bond acceptors (Lipinski definition) is 6. The minimum atomic E-state index is -3.41. The first-order chi connectivity index (χ1) is 14.4. The molecule has 0 spiro atoms. The highest BCUT2D eigenvalue weighted by molar-refractivity contribution is 7.91. The molecule has 0 N–H and O–H groups in total. The van der Waals surface area contributed by atoms with Crippen molar-refractivity contribution in [2.75, 3.05) is 12.9 Å². The maximum Gasteiger partial charge on any atom is 0.338 e. The highest BCUT2D eigenvalue weighted by Crippen LogP contribution is 2.15. The molecule has 0 aliphatic heterocycles. The Labute approximate surface area is 177 Å². The summed E-state index contributed by atoms with van der Waals surface area (Å²) >= 11 is 0. The van der Waals surface area contributed by atoms with Gasteiger partial charge >= 0.3 is 11.9 Å². The maximum absolute atomic E-state index is 12.4. The molecule has 0 radical (unpaired) electrons. The molecule has 30 heavy (non-hydrogen) atoms. The SMILES string of the molecule is COC(=O)CCCC(C/C=C/CS(=O)(=O)c1ccccc1)OC(=O)c1ccccc1. The lowest BCUT2D eigenvalue weighted by atomic mass is 10.1. The van der Waals surface area contributed by atoms with Gasteiger partial charge in [-0.3, -0.25) is 4.79 Å². The molecular formula is C23H26O6S. The van der Waals surface area contributed by atoms with E-state index < -0.39 is 21.9 Å². The van der Waals surface area contributed by atoms with Crippen molar-refractivity contribution in [3.8, 4) is 0 Å². The minimum Gasteiger partial charge on any atom is -0.469 e. The monoisotopic (exact) mass is 430 g/mol. The Morgan fingerprint density at radius 2 is 1.60 bits per heavy atom. The van der Waals surface area contributed by atoms with Crippen LogP contribution in [-0.4, -0.2) is 39.3 Å². The lowest BCUT2D eigenvalue weighted by Crippen LogP contribution is -2.18. The van der Waals surface area contributed by atoms with Crippen LogP contribution in [0.5, 0.6) is 0 Å². The van der Waals surface area contributed by atoms with E-state index in [2.05, 4.69) is 4.74 Å². The van der Waals surface area contributed by atoms with Gasteiger partial charge in [-0.15, -0.1) is 0 Å². The third-order valence-electron chi connectivity index (χ3n) is 4.40. The van der Waals surface area contributed by atoms with Crippen LogP contribution in [0.3, 0.4) is 0 Å². The Hall–Kier alpha value is -2.93. The van der Waals surface area contributed by atoms with Crippen LogP contribution in [0.4, 0.5) is 0 Å². The molecule has 0 aliphatic carbocycles. The molecule has 0 fully saturated rings. The number of esters is 2. The van der Waals surface area contributed by atoms with E-state index in [0.717, 1.165) is 0 Å². The molecule has 0 saturated carbocycles. The summed E-state index contributed by atoms with van der Waals surface area (Å²) < 4.78 is 34.9. The zero-order chi connectivity index (χ0) is 21.8. The number of ether oxygens (including phenoxy) is 2. The van der Waals surface area contributed by atoms with E-state index in [1.54, 1.807) is 72.8 Å².